The molecule has 0 unspecified atom stereocenters. The normalized spacial score (nSPS) is 15.4. The number of ether oxygens (including phenoxy) is 3. The molecule has 1 aliphatic heterocycles. The van der Waals surface area contributed by atoms with Crippen LogP contribution in [0, 0.1) is 6.92 Å². The Hall–Kier alpha value is -3.50. The van der Waals surface area contributed by atoms with Crippen molar-refractivity contribution in [1.82, 2.24) is 15.1 Å². The molecule has 40 heavy (non-hydrogen) atoms. The lowest BCUT2D eigenvalue weighted by Gasteiger charge is -2.25. The number of carbonyl (C=O) groups excluding carboxylic acids is 2. The van der Waals surface area contributed by atoms with Crippen molar-refractivity contribution in [2.24, 2.45) is 0 Å². The van der Waals surface area contributed by atoms with E-state index in [0.717, 1.165) is 28.1 Å². The molecule has 3 aromatic rings. The van der Waals surface area contributed by atoms with Gasteiger partial charge < -0.3 is 19.5 Å². The Morgan fingerprint density at radius 1 is 1.12 bits per heavy atom. The zero-order valence-electron chi connectivity index (χ0n) is 24.2. The van der Waals surface area contributed by atoms with E-state index in [9.17, 15) is 9.59 Å². The van der Waals surface area contributed by atoms with Crippen LogP contribution in [0.25, 0.3) is 5.69 Å². The molecule has 2 heterocycles. The molecule has 0 saturated heterocycles. The van der Waals surface area contributed by atoms with E-state index < -0.39 is 0 Å². The largest absolute Gasteiger partial charge is 0.497 e. The molecule has 0 aliphatic carbocycles. The van der Waals surface area contributed by atoms with Crippen LogP contribution < -0.4 is 19.7 Å². The highest BCUT2D eigenvalue weighted by atomic mass is 32.2. The topological polar surface area (TPSA) is 94.9 Å². The first-order valence-electron chi connectivity index (χ1n) is 13.2. The van der Waals surface area contributed by atoms with Gasteiger partial charge in [-0.1, -0.05) is 32.9 Å². The van der Waals surface area contributed by atoms with E-state index in [4.69, 9.17) is 19.3 Å². The number of anilines is 1. The zero-order chi connectivity index (χ0) is 29.0. The SMILES string of the molecule is COCCNC(=O)CN1C(=O)CS[C@@H](c2cc(OC)ccc2OC)c2c(C(C)(C)C)nn(-c3cccc(C)c3)c21. The minimum absolute atomic E-state index is 0.140. The van der Waals surface area contributed by atoms with E-state index in [1.807, 2.05) is 54.1 Å². The Labute approximate surface area is 240 Å². The van der Waals surface area contributed by atoms with Gasteiger partial charge in [0.2, 0.25) is 11.8 Å². The number of thioether (sulfide) groups is 1. The summed E-state index contributed by atoms with van der Waals surface area (Å²) >= 11 is 1.50. The van der Waals surface area contributed by atoms with E-state index >= 15 is 0 Å². The highest BCUT2D eigenvalue weighted by molar-refractivity contribution is 8.00. The molecule has 9 nitrogen and oxygen atoms in total. The van der Waals surface area contributed by atoms with Gasteiger partial charge in [0, 0.05) is 30.2 Å². The van der Waals surface area contributed by atoms with Gasteiger partial charge in [0.1, 0.15) is 23.9 Å². The third-order valence-electron chi connectivity index (χ3n) is 6.70. The zero-order valence-corrected chi connectivity index (χ0v) is 25.1. The van der Waals surface area contributed by atoms with Crippen LogP contribution in [0.5, 0.6) is 11.5 Å². The average Bonchev–Trinajstić information content (AvgIpc) is 3.26. The van der Waals surface area contributed by atoms with Crippen LogP contribution in [-0.2, 0) is 19.7 Å². The first kappa shape index (κ1) is 29.5. The maximum absolute atomic E-state index is 13.8. The van der Waals surface area contributed by atoms with E-state index in [1.54, 1.807) is 26.2 Å². The number of carbonyl (C=O) groups is 2. The van der Waals surface area contributed by atoms with Gasteiger partial charge >= 0.3 is 0 Å². The first-order valence-corrected chi connectivity index (χ1v) is 14.2. The minimum atomic E-state index is -0.371. The number of hydrogen-bond donors (Lipinski definition) is 1. The van der Waals surface area contributed by atoms with Gasteiger partial charge in [-0.2, -0.15) is 5.10 Å². The second-order valence-electron chi connectivity index (χ2n) is 10.7. The van der Waals surface area contributed by atoms with Gasteiger partial charge in [-0.15, -0.1) is 11.8 Å². The van der Waals surface area contributed by atoms with Crippen molar-refractivity contribution in [3.63, 3.8) is 0 Å². The number of nitrogens with zero attached hydrogens (tertiary/aromatic N) is 3. The first-order chi connectivity index (χ1) is 19.1. The quantitative estimate of drug-likeness (QED) is 0.383. The molecule has 1 atom stereocenters. The minimum Gasteiger partial charge on any atom is -0.497 e. The molecule has 2 amide bonds. The molecule has 0 bridgehead atoms. The predicted molar refractivity (Wildman–Crippen MR) is 158 cm³/mol. The Balaban J connectivity index is 2.01. The van der Waals surface area contributed by atoms with Crippen LogP contribution >= 0.6 is 11.8 Å². The number of hydrogen-bond acceptors (Lipinski definition) is 7. The number of amides is 2. The molecule has 0 fully saturated rings. The molecule has 10 heteroatoms. The second-order valence-corrected chi connectivity index (χ2v) is 11.8. The van der Waals surface area contributed by atoms with E-state index in [-0.39, 0.29) is 34.8 Å². The molecule has 1 aliphatic rings. The van der Waals surface area contributed by atoms with Crippen LogP contribution in [0.2, 0.25) is 0 Å². The third kappa shape index (κ3) is 6.13. The average molecular weight is 567 g/mol. The summed E-state index contributed by atoms with van der Waals surface area (Å²) in [6.07, 6.45) is 0. The molecule has 0 spiro atoms. The van der Waals surface area contributed by atoms with Crippen molar-refractivity contribution in [1.29, 1.82) is 0 Å². The summed E-state index contributed by atoms with van der Waals surface area (Å²) in [5, 5.41) is 7.69. The molecular formula is C30H38N4O5S. The summed E-state index contributed by atoms with van der Waals surface area (Å²) in [7, 11) is 4.84. The van der Waals surface area contributed by atoms with Crippen molar-refractivity contribution in [3.05, 3.63) is 64.8 Å². The van der Waals surface area contributed by atoms with Crippen LogP contribution in [0.15, 0.2) is 42.5 Å². The summed E-state index contributed by atoms with van der Waals surface area (Å²) in [5.41, 5.74) is 4.09. The van der Waals surface area contributed by atoms with Gasteiger partial charge in [0.05, 0.1) is 43.2 Å². The molecule has 1 aromatic heterocycles. The Bertz CT molecular complexity index is 1380. The molecule has 1 N–H and O–H groups in total. The molecular weight excluding hydrogens is 528 g/mol. The van der Waals surface area contributed by atoms with Crippen molar-refractivity contribution >= 4 is 29.4 Å². The number of rotatable bonds is 9. The third-order valence-corrected chi connectivity index (χ3v) is 7.93. The lowest BCUT2D eigenvalue weighted by molar-refractivity contribution is -0.123. The van der Waals surface area contributed by atoms with Crippen molar-refractivity contribution in [3.8, 4) is 17.2 Å². The fourth-order valence-corrected chi connectivity index (χ4v) is 6.01. The van der Waals surface area contributed by atoms with Gasteiger partial charge in [-0.05, 0) is 42.8 Å². The summed E-state index contributed by atoms with van der Waals surface area (Å²) in [4.78, 5) is 28.4. The number of aromatic nitrogens is 2. The Morgan fingerprint density at radius 3 is 2.55 bits per heavy atom. The fourth-order valence-electron chi connectivity index (χ4n) is 4.79. The van der Waals surface area contributed by atoms with Gasteiger partial charge in [-0.3, -0.25) is 14.5 Å². The number of nitrogens with one attached hydrogen (secondary N) is 1. The standard InChI is InChI=1S/C30H38N4O5S/c1-19-9-8-10-20(15-19)34-29-26(28(32-34)30(2,3)4)27(22-16-21(38-6)11-12-23(22)39-7)40-18-25(36)33(29)17-24(35)31-13-14-37-5/h8-12,15-16,27H,13-14,17-18H2,1-7H3,(H,31,35)/t27-/m0/s1. The summed E-state index contributed by atoms with van der Waals surface area (Å²) in [6.45, 7) is 8.93. The molecule has 4 rings (SSSR count). The monoisotopic (exact) mass is 566 g/mol. The van der Waals surface area contributed by atoms with E-state index in [0.29, 0.717) is 30.5 Å². The van der Waals surface area contributed by atoms with Crippen LogP contribution in [0.3, 0.4) is 0 Å². The lowest BCUT2D eigenvalue weighted by Crippen LogP contribution is -2.43. The van der Waals surface area contributed by atoms with Crippen molar-refractivity contribution in [2.45, 2.75) is 38.4 Å². The van der Waals surface area contributed by atoms with Gasteiger partial charge in [0.25, 0.3) is 0 Å². The van der Waals surface area contributed by atoms with Gasteiger partial charge in [-0.25, -0.2) is 4.68 Å². The summed E-state index contributed by atoms with van der Waals surface area (Å²) in [6, 6.07) is 13.7. The Morgan fingerprint density at radius 2 is 1.90 bits per heavy atom. The van der Waals surface area contributed by atoms with Crippen LogP contribution in [0.1, 0.15) is 48.4 Å². The van der Waals surface area contributed by atoms with Crippen molar-refractivity contribution in [2.75, 3.05) is 51.7 Å². The molecule has 0 saturated carbocycles. The summed E-state index contributed by atoms with van der Waals surface area (Å²) < 4.78 is 18.2. The maximum Gasteiger partial charge on any atom is 0.240 e. The second kappa shape index (κ2) is 12.3. The van der Waals surface area contributed by atoms with E-state index in [1.165, 1.54) is 11.8 Å². The molecule has 0 radical (unpaired) electrons. The highest BCUT2D eigenvalue weighted by Crippen LogP contribution is 2.50. The van der Waals surface area contributed by atoms with Crippen LogP contribution in [-0.4, -0.2) is 68.4 Å². The van der Waals surface area contributed by atoms with Gasteiger partial charge in [0.15, 0.2) is 0 Å². The summed E-state index contributed by atoms with van der Waals surface area (Å²) in [5.74, 6) is 1.68. The smallest absolute Gasteiger partial charge is 0.240 e. The number of fused-ring (bicyclic) bond motifs is 1. The van der Waals surface area contributed by atoms with E-state index in [2.05, 4.69) is 26.1 Å². The molecule has 2 aromatic carbocycles. The maximum atomic E-state index is 13.8. The number of aryl methyl sites for hydroxylation is 1. The van der Waals surface area contributed by atoms with Crippen molar-refractivity contribution < 1.29 is 23.8 Å². The predicted octanol–water partition coefficient (Wildman–Crippen LogP) is 4.43. The highest BCUT2D eigenvalue weighted by Gasteiger charge is 2.40. The van der Waals surface area contributed by atoms with Crippen LogP contribution in [0.4, 0.5) is 5.82 Å². The number of benzene rings is 2. The number of methoxy groups -OCH3 is 3. The lowest BCUT2D eigenvalue weighted by atomic mass is 9.87. The molecule has 214 valence electrons. The fraction of sp³-hybridized carbons (Fsp3) is 0.433. The Kier molecular flexibility index (Phi) is 9.10.